The molecular formula is C8H8F3N3. The van der Waals surface area contributed by atoms with Gasteiger partial charge in [-0.3, -0.25) is 0 Å². The topological polar surface area (TPSA) is 75.8 Å². The zero-order chi connectivity index (χ0) is 11.4. The summed E-state index contributed by atoms with van der Waals surface area (Å²) in [5.74, 6) is 0. The first-order valence-electron chi connectivity index (χ1n) is 3.39. The van der Waals surface area contributed by atoms with Crippen LogP contribution in [0.5, 0.6) is 0 Å². The smallest absolute Gasteiger partial charge is 0.399 e. The Morgan fingerprint density at radius 3 is 2.14 bits per heavy atom. The molecule has 3 nitrogen and oxygen atoms in total. The van der Waals surface area contributed by atoms with Gasteiger partial charge in [0.25, 0.3) is 0 Å². The number of nitrogens with two attached hydrogens (primary N) is 2. The van der Waals surface area contributed by atoms with Crippen LogP contribution in [0.1, 0.15) is 0 Å². The summed E-state index contributed by atoms with van der Waals surface area (Å²) in [4.78, 5) is 0. The molecule has 0 fully saturated rings. The number of nitriles is 1. The molecule has 0 saturated heterocycles. The maximum absolute atomic E-state index is 12.2. The third kappa shape index (κ3) is 3.23. The van der Waals surface area contributed by atoms with E-state index in [2.05, 4.69) is 6.58 Å². The fourth-order valence-electron chi connectivity index (χ4n) is 0.598. The quantitative estimate of drug-likeness (QED) is 0.524. The average molecular weight is 203 g/mol. The minimum atomic E-state index is -4.70. The van der Waals surface area contributed by atoms with E-state index < -0.39 is 17.4 Å². The molecule has 0 saturated carbocycles. The van der Waals surface area contributed by atoms with Crippen molar-refractivity contribution in [2.75, 3.05) is 0 Å². The molecule has 0 unspecified atom stereocenters. The lowest BCUT2D eigenvalue weighted by molar-refractivity contribution is -0.0888. The predicted molar refractivity (Wildman–Crippen MR) is 45.3 cm³/mol. The highest BCUT2D eigenvalue weighted by Crippen LogP contribution is 2.28. The van der Waals surface area contributed by atoms with Gasteiger partial charge in [0.1, 0.15) is 11.8 Å². The SMILES string of the molecule is C=C/C(N)=C\C(=C(/N)C#N)C(F)(F)F. The van der Waals surface area contributed by atoms with Gasteiger partial charge in [0, 0.05) is 5.70 Å². The van der Waals surface area contributed by atoms with E-state index in [1.807, 2.05) is 0 Å². The molecule has 0 heterocycles. The van der Waals surface area contributed by atoms with Crippen LogP contribution in [0.2, 0.25) is 0 Å². The van der Waals surface area contributed by atoms with Crippen molar-refractivity contribution in [1.82, 2.24) is 0 Å². The third-order valence-corrected chi connectivity index (χ3v) is 1.26. The Hall–Kier alpha value is -1.90. The van der Waals surface area contributed by atoms with E-state index >= 15 is 0 Å². The second kappa shape index (κ2) is 4.37. The molecule has 0 aromatic heterocycles. The van der Waals surface area contributed by atoms with Crippen molar-refractivity contribution in [3.8, 4) is 6.07 Å². The number of rotatable bonds is 2. The van der Waals surface area contributed by atoms with E-state index in [4.69, 9.17) is 16.7 Å². The van der Waals surface area contributed by atoms with Crippen molar-refractivity contribution in [2.45, 2.75) is 6.18 Å². The van der Waals surface area contributed by atoms with Crippen molar-refractivity contribution in [1.29, 1.82) is 5.26 Å². The van der Waals surface area contributed by atoms with Gasteiger partial charge in [-0.2, -0.15) is 18.4 Å². The van der Waals surface area contributed by atoms with E-state index in [-0.39, 0.29) is 5.70 Å². The van der Waals surface area contributed by atoms with Crippen LogP contribution in [-0.4, -0.2) is 6.18 Å². The minimum absolute atomic E-state index is 0.212. The van der Waals surface area contributed by atoms with Crippen molar-refractivity contribution in [2.24, 2.45) is 11.5 Å². The lowest BCUT2D eigenvalue weighted by Gasteiger charge is -2.08. The summed E-state index contributed by atoms with van der Waals surface area (Å²) in [7, 11) is 0. The largest absolute Gasteiger partial charge is 0.419 e. The normalized spacial score (nSPS) is 14.3. The first-order valence-corrected chi connectivity index (χ1v) is 3.39. The molecule has 4 N–H and O–H groups in total. The Labute approximate surface area is 78.8 Å². The third-order valence-electron chi connectivity index (χ3n) is 1.26. The molecule has 0 rings (SSSR count). The van der Waals surface area contributed by atoms with E-state index in [1.54, 1.807) is 0 Å². The molecule has 14 heavy (non-hydrogen) atoms. The molecule has 0 aliphatic rings. The Morgan fingerprint density at radius 1 is 1.36 bits per heavy atom. The Kier molecular flexibility index (Phi) is 3.78. The van der Waals surface area contributed by atoms with Crippen molar-refractivity contribution in [3.05, 3.63) is 35.7 Å². The summed E-state index contributed by atoms with van der Waals surface area (Å²) < 4.78 is 36.7. The number of allylic oxidation sites excluding steroid dienone is 4. The molecular weight excluding hydrogens is 195 g/mol. The predicted octanol–water partition coefficient (Wildman–Crippen LogP) is 1.31. The summed E-state index contributed by atoms with van der Waals surface area (Å²) in [6.07, 6.45) is -3.12. The van der Waals surface area contributed by atoms with E-state index in [0.717, 1.165) is 6.08 Å². The van der Waals surface area contributed by atoms with Crippen LogP contribution < -0.4 is 11.5 Å². The highest BCUT2D eigenvalue weighted by atomic mass is 19.4. The average Bonchev–Trinajstić information content (AvgIpc) is 2.10. The number of hydrogen-bond donors (Lipinski definition) is 2. The van der Waals surface area contributed by atoms with Gasteiger partial charge < -0.3 is 11.5 Å². The lowest BCUT2D eigenvalue weighted by atomic mass is 10.1. The zero-order valence-corrected chi connectivity index (χ0v) is 7.10. The van der Waals surface area contributed by atoms with Crippen LogP contribution in [0, 0.1) is 11.3 Å². The molecule has 0 amide bonds. The lowest BCUT2D eigenvalue weighted by Crippen LogP contribution is -2.17. The van der Waals surface area contributed by atoms with Gasteiger partial charge in [-0.05, 0) is 12.2 Å². The van der Waals surface area contributed by atoms with Crippen LogP contribution in [0.25, 0.3) is 0 Å². The Morgan fingerprint density at radius 2 is 1.86 bits per heavy atom. The Bertz CT molecular complexity index is 331. The van der Waals surface area contributed by atoms with Gasteiger partial charge in [-0.25, -0.2) is 0 Å². The minimum Gasteiger partial charge on any atom is -0.399 e. The first kappa shape index (κ1) is 12.1. The van der Waals surface area contributed by atoms with Gasteiger partial charge in [0.2, 0.25) is 0 Å². The fourth-order valence-corrected chi connectivity index (χ4v) is 0.598. The summed E-state index contributed by atoms with van der Waals surface area (Å²) in [6.45, 7) is 3.17. The summed E-state index contributed by atoms with van der Waals surface area (Å²) in [5.41, 5.74) is 7.57. The number of alkyl halides is 3. The van der Waals surface area contributed by atoms with Crippen LogP contribution >= 0.6 is 0 Å². The molecule has 0 aliphatic carbocycles. The monoisotopic (exact) mass is 203 g/mol. The molecule has 0 radical (unpaired) electrons. The number of halogens is 3. The molecule has 0 atom stereocenters. The summed E-state index contributed by atoms with van der Waals surface area (Å²) in [6, 6.07) is 1.20. The second-order valence-electron chi connectivity index (χ2n) is 2.29. The molecule has 0 bridgehead atoms. The first-order chi connectivity index (χ1) is 6.32. The van der Waals surface area contributed by atoms with Crippen LogP contribution in [0.3, 0.4) is 0 Å². The van der Waals surface area contributed by atoms with Crippen molar-refractivity contribution >= 4 is 0 Å². The van der Waals surface area contributed by atoms with Crippen LogP contribution in [0.15, 0.2) is 35.7 Å². The van der Waals surface area contributed by atoms with Gasteiger partial charge in [-0.15, -0.1) is 0 Å². The molecule has 6 heteroatoms. The van der Waals surface area contributed by atoms with Crippen molar-refractivity contribution < 1.29 is 13.2 Å². The van der Waals surface area contributed by atoms with Gasteiger partial charge in [-0.1, -0.05) is 6.58 Å². The van der Waals surface area contributed by atoms with Gasteiger partial charge in [0.05, 0.1) is 5.57 Å². The van der Waals surface area contributed by atoms with E-state index in [9.17, 15) is 13.2 Å². The summed E-state index contributed by atoms with van der Waals surface area (Å²) >= 11 is 0. The molecule has 76 valence electrons. The van der Waals surface area contributed by atoms with Crippen LogP contribution in [-0.2, 0) is 0 Å². The fraction of sp³-hybridized carbons (Fsp3) is 0.125. The van der Waals surface area contributed by atoms with Gasteiger partial charge in [0.15, 0.2) is 0 Å². The zero-order valence-electron chi connectivity index (χ0n) is 7.10. The molecule has 0 aromatic rings. The van der Waals surface area contributed by atoms with Crippen molar-refractivity contribution in [3.63, 3.8) is 0 Å². The van der Waals surface area contributed by atoms with E-state index in [1.165, 1.54) is 6.07 Å². The Balaban J connectivity index is 5.40. The standard InChI is InChI=1S/C8H8F3N3/c1-2-5(13)3-6(7(14)4-12)8(9,10)11/h2-3H,1,13-14H2/b5-3+,7-6+. The maximum atomic E-state index is 12.2. The molecule has 0 spiro atoms. The number of nitrogens with zero attached hydrogens (tertiary/aromatic N) is 1. The highest BCUT2D eigenvalue weighted by Gasteiger charge is 2.34. The molecule has 0 aliphatic heterocycles. The summed E-state index contributed by atoms with van der Waals surface area (Å²) in [5, 5.41) is 8.23. The van der Waals surface area contributed by atoms with E-state index in [0.29, 0.717) is 6.08 Å². The second-order valence-corrected chi connectivity index (χ2v) is 2.29. The highest BCUT2D eigenvalue weighted by molar-refractivity contribution is 5.39. The number of hydrogen-bond acceptors (Lipinski definition) is 3. The van der Waals surface area contributed by atoms with Gasteiger partial charge >= 0.3 is 6.18 Å². The maximum Gasteiger partial charge on any atom is 0.419 e. The molecule has 0 aromatic carbocycles. The van der Waals surface area contributed by atoms with Crippen LogP contribution in [0.4, 0.5) is 13.2 Å².